The summed E-state index contributed by atoms with van der Waals surface area (Å²) in [4.78, 5) is 2.59. The van der Waals surface area contributed by atoms with Gasteiger partial charge in [-0.25, -0.2) is 0 Å². The monoisotopic (exact) mass is 278 g/mol. The summed E-state index contributed by atoms with van der Waals surface area (Å²) < 4.78 is 2.04. The van der Waals surface area contributed by atoms with E-state index in [0.29, 0.717) is 12.6 Å². The molecule has 0 radical (unpaired) electrons. The molecule has 2 rings (SSSR count). The molecule has 1 aromatic rings. The van der Waals surface area contributed by atoms with Crippen LogP contribution in [0.1, 0.15) is 57.2 Å². The molecule has 4 heteroatoms. The van der Waals surface area contributed by atoms with Crippen LogP contribution in [-0.4, -0.2) is 22.4 Å². The van der Waals surface area contributed by atoms with Crippen LogP contribution in [0.15, 0.2) is 0 Å². The molecular formula is C16H30N4. The Morgan fingerprint density at radius 2 is 2.00 bits per heavy atom. The Morgan fingerprint density at radius 1 is 1.35 bits per heavy atom. The minimum atomic E-state index is 0.583. The van der Waals surface area contributed by atoms with E-state index in [1.165, 1.54) is 43.5 Å². The molecule has 0 amide bonds. The van der Waals surface area contributed by atoms with Gasteiger partial charge in [0, 0.05) is 31.7 Å². The standard InChI is InChI=1S/C16H30N4/c1-12(2)9-10-20(14-7-5-6-8-14)16-15(11-17)13(3)18-19(16)4/h12,14H,5-11,17H2,1-4H3. The molecule has 1 saturated carbocycles. The maximum atomic E-state index is 5.98. The zero-order valence-corrected chi connectivity index (χ0v) is 13.5. The summed E-state index contributed by atoms with van der Waals surface area (Å²) in [6, 6.07) is 0.675. The van der Waals surface area contributed by atoms with Crippen LogP contribution in [0.4, 0.5) is 5.82 Å². The Kier molecular flexibility index (Phi) is 5.08. The largest absolute Gasteiger partial charge is 0.354 e. The van der Waals surface area contributed by atoms with Crippen LogP contribution in [0.3, 0.4) is 0 Å². The van der Waals surface area contributed by atoms with E-state index in [9.17, 15) is 0 Å². The van der Waals surface area contributed by atoms with Gasteiger partial charge in [-0.1, -0.05) is 26.7 Å². The lowest BCUT2D eigenvalue weighted by molar-refractivity contribution is 0.515. The molecule has 114 valence electrons. The third kappa shape index (κ3) is 3.17. The summed E-state index contributed by atoms with van der Waals surface area (Å²) in [5, 5.41) is 4.60. The molecule has 0 bridgehead atoms. The van der Waals surface area contributed by atoms with Crippen molar-refractivity contribution in [2.24, 2.45) is 18.7 Å². The number of anilines is 1. The molecular weight excluding hydrogens is 248 g/mol. The van der Waals surface area contributed by atoms with Gasteiger partial charge < -0.3 is 10.6 Å². The molecule has 1 heterocycles. The smallest absolute Gasteiger partial charge is 0.131 e. The van der Waals surface area contributed by atoms with Crippen molar-refractivity contribution >= 4 is 5.82 Å². The number of nitrogens with two attached hydrogens (primary N) is 1. The lowest BCUT2D eigenvalue weighted by Gasteiger charge is -2.32. The normalized spacial score (nSPS) is 16.3. The lowest BCUT2D eigenvalue weighted by Crippen LogP contribution is -2.37. The van der Waals surface area contributed by atoms with Crippen molar-refractivity contribution in [1.29, 1.82) is 0 Å². The zero-order valence-electron chi connectivity index (χ0n) is 13.5. The highest BCUT2D eigenvalue weighted by atomic mass is 15.4. The van der Waals surface area contributed by atoms with Gasteiger partial charge in [-0.15, -0.1) is 0 Å². The molecule has 2 N–H and O–H groups in total. The topological polar surface area (TPSA) is 47.1 Å². The first-order chi connectivity index (χ1) is 9.54. The van der Waals surface area contributed by atoms with E-state index in [-0.39, 0.29) is 0 Å². The van der Waals surface area contributed by atoms with Crippen molar-refractivity contribution in [3.63, 3.8) is 0 Å². The van der Waals surface area contributed by atoms with E-state index < -0.39 is 0 Å². The third-order valence-electron chi connectivity index (χ3n) is 4.50. The van der Waals surface area contributed by atoms with Gasteiger partial charge in [0.2, 0.25) is 0 Å². The second-order valence-corrected chi connectivity index (χ2v) is 6.53. The molecule has 1 aliphatic carbocycles. The minimum Gasteiger partial charge on any atom is -0.354 e. The average Bonchev–Trinajstić information content (AvgIpc) is 2.99. The Morgan fingerprint density at radius 3 is 2.55 bits per heavy atom. The van der Waals surface area contributed by atoms with Gasteiger partial charge in [-0.2, -0.15) is 5.10 Å². The van der Waals surface area contributed by atoms with Crippen molar-refractivity contribution < 1.29 is 0 Å². The molecule has 1 aromatic heterocycles. The summed E-state index contributed by atoms with van der Waals surface area (Å²) in [5.41, 5.74) is 8.28. The molecule has 0 aromatic carbocycles. The van der Waals surface area contributed by atoms with Crippen LogP contribution in [0, 0.1) is 12.8 Å². The number of nitrogens with zero attached hydrogens (tertiary/aromatic N) is 3. The number of hydrogen-bond acceptors (Lipinski definition) is 3. The summed E-state index contributed by atoms with van der Waals surface area (Å²) in [6.07, 6.45) is 6.57. The van der Waals surface area contributed by atoms with Crippen molar-refractivity contribution in [3.05, 3.63) is 11.3 Å². The summed E-state index contributed by atoms with van der Waals surface area (Å²) in [5.74, 6) is 1.99. The number of aromatic nitrogens is 2. The van der Waals surface area contributed by atoms with Crippen molar-refractivity contribution in [2.45, 2.75) is 65.5 Å². The quantitative estimate of drug-likeness (QED) is 0.870. The van der Waals surface area contributed by atoms with Gasteiger partial charge in [-0.05, 0) is 32.1 Å². The van der Waals surface area contributed by atoms with Crippen LogP contribution in [-0.2, 0) is 13.6 Å². The van der Waals surface area contributed by atoms with Gasteiger partial charge in [0.05, 0.1) is 5.69 Å². The highest BCUT2D eigenvalue weighted by molar-refractivity contribution is 5.51. The van der Waals surface area contributed by atoms with Gasteiger partial charge in [-0.3, -0.25) is 4.68 Å². The zero-order chi connectivity index (χ0) is 14.7. The van der Waals surface area contributed by atoms with Gasteiger partial charge in [0.1, 0.15) is 5.82 Å². The molecule has 1 fully saturated rings. The Labute approximate surface area is 123 Å². The number of hydrogen-bond donors (Lipinski definition) is 1. The van der Waals surface area contributed by atoms with Gasteiger partial charge in [0.15, 0.2) is 0 Å². The molecule has 20 heavy (non-hydrogen) atoms. The molecule has 0 unspecified atom stereocenters. The van der Waals surface area contributed by atoms with Crippen molar-refractivity contribution in [3.8, 4) is 0 Å². The first-order valence-electron chi connectivity index (χ1n) is 8.03. The van der Waals surface area contributed by atoms with E-state index in [4.69, 9.17) is 5.73 Å². The fraction of sp³-hybridized carbons (Fsp3) is 0.812. The van der Waals surface area contributed by atoms with Crippen LogP contribution in [0.25, 0.3) is 0 Å². The van der Waals surface area contributed by atoms with E-state index >= 15 is 0 Å². The van der Waals surface area contributed by atoms with E-state index in [2.05, 4.69) is 37.8 Å². The van der Waals surface area contributed by atoms with Crippen molar-refractivity contribution in [1.82, 2.24) is 9.78 Å². The van der Waals surface area contributed by atoms with Gasteiger partial charge in [0.25, 0.3) is 0 Å². The molecule has 4 nitrogen and oxygen atoms in total. The van der Waals surface area contributed by atoms with Crippen LogP contribution < -0.4 is 10.6 Å². The maximum absolute atomic E-state index is 5.98. The van der Waals surface area contributed by atoms with Crippen LogP contribution in [0.5, 0.6) is 0 Å². The first kappa shape index (κ1) is 15.4. The predicted octanol–water partition coefficient (Wildman–Crippen LogP) is 2.98. The maximum Gasteiger partial charge on any atom is 0.131 e. The lowest BCUT2D eigenvalue weighted by atomic mass is 10.1. The summed E-state index contributed by atoms with van der Waals surface area (Å²) >= 11 is 0. The van der Waals surface area contributed by atoms with E-state index in [1.54, 1.807) is 0 Å². The molecule has 0 spiro atoms. The highest BCUT2D eigenvalue weighted by Gasteiger charge is 2.27. The first-order valence-corrected chi connectivity index (χ1v) is 8.03. The Balaban J connectivity index is 2.29. The highest BCUT2D eigenvalue weighted by Crippen LogP contribution is 2.32. The predicted molar refractivity (Wildman–Crippen MR) is 84.9 cm³/mol. The molecule has 1 aliphatic rings. The van der Waals surface area contributed by atoms with Crippen LogP contribution in [0.2, 0.25) is 0 Å². The summed E-state index contributed by atoms with van der Waals surface area (Å²) in [7, 11) is 2.05. The van der Waals surface area contributed by atoms with Crippen molar-refractivity contribution in [2.75, 3.05) is 11.4 Å². The molecule has 0 aliphatic heterocycles. The SMILES string of the molecule is Cc1nn(C)c(N(CCC(C)C)C2CCCC2)c1CN. The number of rotatable bonds is 6. The van der Waals surface area contributed by atoms with E-state index in [0.717, 1.165) is 18.2 Å². The Hall–Kier alpha value is -1.03. The second-order valence-electron chi connectivity index (χ2n) is 6.53. The minimum absolute atomic E-state index is 0.583. The van der Waals surface area contributed by atoms with Crippen LogP contribution >= 0.6 is 0 Å². The fourth-order valence-electron chi connectivity index (χ4n) is 3.36. The average molecular weight is 278 g/mol. The Bertz CT molecular complexity index is 430. The summed E-state index contributed by atoms with van der Waals surface area (Å²) in [6.45, 7) is 8.37. The third-order valence-corrected chi connectivity index (χ3v) is 4.50. The molecule has 0 atom stereocenters. The van der Waals surface area contributed by atoms with E-state index in [1.807, 2.05) is 4.68 Å². The van der Waals surface area contributed by atoms with Gasteiger partial charge >= 0.3 is 0 Å². The molecule has 0 saturated heterocycles. The fourth-order valence-corrected chi connectivity index (χ4v) is 3.36. The number of aryl methyl sites for hydroxylation is 2. The second kappa shape index (κ2) is 6.61.